The number of nitrogens with zero attached hydrogens (tertiary/aromatic N) is 1. The average molecular weight is 245 g/mol. The fraction of sp³-hybridized carbons (Fsp3) is 0.429. The highest BCUT2D eigenvalue weighted by atomic mass is 16.1. The van der Waals surface area contributed by atoms with E-state index in [1.165, 1.54) is 0 Å². The standard InChI is InChI=1S/C14H19N3O/c15-10-4-1-5-11-17-14(18)9-8-12-6-2-3-7-13(12)16/h2-3,6-7H,1,4-5,8-9,11,16H2,(H,17,18). The second-order valence-corrected chi connectivity index (χ2v) is 4.16. The summed E-state index contributed by atoms with van der Waals surface area (Å²) in [4.78, 5) is 11.5. The highest BCUT2D eigenvalue weighted by Crippen LogP contribution is 2.12. The van der Waals surface area contributed by atoms with Crippen molar-refractivity contribution in [3.63, 3.8) is 0 Å². The summed E-state index contributed by atoms with van der Waals surface area (Å²) in [6, 6.07) is 9.67. The van der Waals surface area contributed by atoms with Gasteiger partial charge in [-0.3, -0.25) is 4.79 Å². The molecule has 0 bridgehead atoms. The topological polar surface area (TPSA) is 78.9 Å². The smallest absolute Gasteiger partial charge is 0.220 e. The third kappa shape index (κ3) is 5.35. The Balaban J connectivity index is 2.18. The van der Waals surface area contributed by atoms with Crippen LogP contribution in [-0.2, 0) is 11.2 Å². The Morgan fingerprint density at radius 2 is 2.11 bits per heavy atom. The summed E-state index contributed by atoms with van der Waals surface area (Å²) in [6.45, 7) is 0.644. The number of anilines is 1. The zero-order chi connectivity index (χ0) is 13.2. The van der Waals surface area contributed by atoms with Crippen LogP contribution >= 0.6 is 0 Å². The molecule has 0 aromatic heterocycles. The van der Waals surface area contributed by atoms with E-state index in [0.717, 1.165) is 24.1 Å². The number of carbonyl (C=O) groups is 1. The molecule has 0 saturated carbocycles. The van der Waals surface area contributed by atoms with Gasteiger partial charge >= 0.3 is 0 Å². The molecule has 1 rings (SSSR count). The van der Waals surface area contributed by atoms with E-state index in [1.807, 2.05) is 24.3 Å². The lowest BCUT2D eigenvalue weighted by molar-refractivity contribution is -0.121. The van der Waals surface area contributed by atoms with Gasteiger partial charge in [-0.25, -0.2) is 0 Å². The van der Waals surface area contributed by atoms with Gasteiger partial charge in [0.1, 0.15) is 0 Å². The van der Waals surface area contributed by atoms with Crippen molar-refractivity contribution in [1.82, 2.24) is 5.32 Å². The monoisotopic (exact) mass is 245 g/mol. The number of unbranched alkanes of at least 4 members (excludes halogenated alkanes) is 2. The molecule has 0 spiro atoms. The van der Waals surface area contributed by atoms with Crippen LogP contribution in [0, 0.1) is 11.3 Å². The fourth-order valence-corrected chi connectivity index (χ4v) is 1.66. The molecule has 0 fully saturated rings. The number of aryl methyl sites for hydroxylation is 1. The van der Waals surface area contributed by atoms with Crippen LogP contribution in [0.5, 0.6) is 0 Å². The lowest BCUT2D eigenvalue weighted by atomic mass is 10.1. The van der Waals surface area contributed by atoms with Gasteiger partial charge in [-0.05, 0) is 30.9 Å². The first kappa shape index (κ1) is 14.0. The molecule has 0 aliphatic rings. The number of hydrogen-bond acceptors (Lipinski definition) is 3. The molecule has 0 aliphatic carbocycles. The number of hydrogen-bond donors (Lipinski definition) is 2. The van der Waals surface area contributed by atoms with Crippen molar-refractivity contribution >= 4 is 11.6 Å². The van der Waals surface area contributed by atoms with Gasteiger partial charge in [-0.1, -0.05) is 18.2 Å². The average Bonchev–Trinajstić information content (AvgIpc) is 2.37. The predicted molar refractivity (Wildman–Crippen MR) is 71.6 cm³/mol. The summed E-state index contributed by atoms with van der Waals surface area (Å²) in [7, 11) is 0. The van der Waals surface area contributed by atoms with E-state index in [1.54, 1.807) is 0 Å². The second kappa shape index (κ2) is 8.13. The Hall–Kier alpha value is -2.02. The van der Waals surface area contributed by atoms with Crippen LogP contribution in [0.1, 0.15) is 31.2 Å². The van der Waals surface area contributed by atoms with Crippen molar-refractivity contribution in [2.24, 2.45) is 0 Å². The van der Waals surface area contributed by atoms with Gasteiger partial charge in [0, 0.05) is 25.1 Å². The van der Waals surface area contributed by atoms with Crippen LogP contribution in [0.3, 0.4) is 0 Å². The number of benzene rings is 1. The van der Waals surface area contributed by atoms with Gasteiger partial charge in [0.25, 0.3) is 0 Å². The van der Waals surface area contributed by atoms with Crippen molar-refractivity contribution in [3.05, 3.63) is 29.8 Å². The van der Waals surface area contributed by atoms with E-state index >= 15 is 0 Å². The first-order valence-corrected chi connectivity index (χ1v) is 6.21. The lowest BCUT2D eigenvalue weighted by Gasteiger charge is -2.06. The maximum Gasteiger partial charge on any atom is 0.220 e. The number of para-hydroxylation sites is 1. The van der Waals surface area contributed by atoms with Crippen molar-refractivity contribution in [3.8, 4) is 6.07 Å². The molecule has 1 aromatic carbocycles. The molecule has 0 heterocycles. The van der Waals surface area contributed by atoms with Gasteiger partial charge in [0.2, 0.25) is 5.91 Å². The van der Waals surface area contributed by atoms with Gasteiger partial charge in [-0.2, -0.15) is 5.26 Å². The maximum atomic E-state index is 11.5. The van der Waals surface area contributed by atoms with Gasteiger partial charge in [-0.15, -0.1) is 0 Å². The Morgan fingerprint density at radius 1 is 1.33 bits per heavy atom. The molecule has 4 heteroatoms. The summed E-state index contributed by atoms with van der Waals surface area (Å²) in [5.74, 6) is 0.0372. The molecular weight excluding hydrogens is 226 g/mol. The summed E-state index contributed by atoms with van der Waals surface area (Å²) < 4.78 is 0. The van der Waals surface area contributed by atoms with Crippen LogP contribution in [0.25, 0.3) is 0 Å². The van der Waals surface area contributed by atoms with Crippen molar-refractivity contribution in [1.29, 1.82) is 5.26 Å². The van der Waals surface area contributed by atoms with E-state index in [2.05, 4.69) is 11.4 Å². The van der Waals surface area contributed by atoms with Gasteiger partial charge in [0.05, 0.1) is 6.07 Å². The number of nitrogens with one attached hydrogen (secondary N) is 1. The predicted octanol–water partition coefficient (Wildman–Crippen LogP) is 2.01. The minimum atomic E-state index is 0.0372. The molecule has 1 aromatic rings. The summed E-state index contributed by atoms with van der Waals surface area (Å²) in [5.41, 5.74) is 7.55. The van der Waals surface area contributed by atoms with E-state index in [9.17, 15) is 4.79 Å². The Labute approximate surface area is 108 Å². The number of amides is 1. The van der Waals surface area contributed by atoms with Crippen LogP contribution in [-0.4, -0.2) is 12.5 Å². The Morgan fingerprint density at radius 3 is 2.83 bits per heavy atom. The second-order valence-electron chi connectivity index (χ2n) is 4.16. The van der Waals surface area contributed by atoms with E-state index in [4.69, 9.17) is 11.0 Å². The SMILES string of the molecule is N#CCCCCNC(=O)CCc1ccccc1N. The molecule has 18 heavy (non-hydrogen) atoms. The molecule has 0 radical (unpaired) electrons. The molecule has 0 aliphatic heterocycles. The quantitative estimate of drug-likeness (QED) is 0.569. The number of carbonyl (C=O) groups excluding carboxylic acids is 1. The number of nitrogen functional groups attached to an aromatic ring is 1. The molecule has 4 nitrogen and oxygen atoms in total. The minimum absolute atomic E-state index is 0.0372. The molecule has 0 saturated heterocycles. The molecular formula is C14H19N3O. The van der Waals surface area contributed by atoms with Gasteiger partial charge < -0.3 is 11.1 Å². The first-order valence-electron chi connectivity index (χ1n) is 6.21. The zero-order valence-corrected chi connectivity index (χ0v) is 10.5. The third-order valence-corrected chi connectivity index (χ3v) is 2.71. The lowest BCUT2D eigenvalue weighted by Crippen LogP contribution is -2.24. The highest BCUT2D eigenvalue weighted by molar-refractivity contribution is 5.76. The summed E-state index contributed by atoms with van der Waals surface area (Å²) in [6.07, 6.45) is 3.36. The largest absolute Gasteiger partial charge is 0.399 e. The minimum Gasteiger partial charge on any atom is -0.399 e. The number of rotatable bonds is 7. The van der Waals surface area contributed by atoms with E-state index in [0.29, 0.717) is 25.8 Å². The molecule has 0 unspecified atom stereocenters. The van der Waals surface area contributed by atoms with Crippen LogP contribution in [0.2, 0.25) is 0 Å². The van der Waals surface area contributed by atoms with Crippen molar-refractivity contribution in [2.75, 3.05) is 12.3 Å². The normalized spacial score (nSPS) is 9.72. The third-order valence-electron chi connectivity index (χ3n) is 2.71. The number of nitriles is 1. The summed E-state index contributed by atoms with van der Waals surface area (Å²) in [5, 5.41) is 11.2. The first-order chi connectivity index (χ1) is 8.74. The Kier molecular flexibility index (Phi) is 6.34. The highest BCUT2D eigenvalue weighted by Gasteiger charge is 2.03. The summed E-state index contributed by atoms with van der Waals surface area (Å²) >= 11 is 0. The Bertz CT molecular complexity index is 423. The van der Waals surface area contributed by atoms with Crippen LogP contribution in [0.4, 0.5) is 5.69 Å². The van der Waals surface area contributed by atoms with Gasteiger partial charge in [0.15, 0.2) is 0 Å². The molecule has 3 N–H and O–H groups in total. The van der Waals surface area contributed by atoms with Crippen LogP contribution < -0.4 is 11.1 Å². The van der Waals surface area contributed by atoms with Crippen LogP contribution in [0.15, 0.2) is 24.3 Å². The van der Waals surface area contributed by atoms with Crippen molar-refractivity contribution in [2.45, 2.75) is 32.1 Å². The maximum absolute atomic E-state index is 11.5. The van der Waals surface area contributed by atoms with E-state index in [-0.39, 0.29) is 5.91 Å². The fourth-order valence-electron chi connectivity index (χ4n) is 1.66. The van der Waals surface area contributed by atoms with Crippen molar-refractivity contribution < 1.29 is 4.79 Å². The van der Waals surface area contributed by atoms with E-state index < -0.39 is 0 Å². The zero-order valence-electron chi connectivity index (χ0n) is 10.5. The molecule has 96 valence electrons. The molecule has 1 amide bonds. The molecule has 0 atom stereocenters. The number of nitrogens with two attached hydrogens (primary N) is 1.